The van der Waals surface area contributed by atoms with Gasteiger partial charge >= 0.3 is 5.97 Å². The lowest BCUT2D eigenvalue weighted by Crippen LogP contribution is -2.47. The van der Waals surface area contributed by atoms with E-state index in [1.807, 2.05) is 27.2 Å². The van der Waals surface area contributed by atoms with E-state index in [-0.39, 0.29) is 25.4 Å². The summed E-state index contributed by atoms with van der Waals surface area (Å²) < 4.78 is 30.2. The minimum Gasteiger partial charge on any atom is -0.756 e. The van der Waals surface area contributed by atoms with Gasteiger partial charge in [-0.25, -0.2) is 0 Å². The average Bonchev–Trinajstić information content (AvgIpc) is 3.38. The molecular weight excluding hydrogens is 964 g/mol. The zero-order chi connectivity index (χ0) is 55.7. The number of hydrogen-bond donors (Lipinski definition) is 1. The van der Waals surface area contributed by atoms with Gasteiger partial charge < -0.3 is 28.5 Å². The normalized spacial score (nSPS) is 14.7. The van der Waals surface area contributed by atoms with E-state index in [1.165, 1.54) is 70.6 Å². The summed E-state index contributed by atoms with van der Waals surface area (Å²) in [5.41, 5.74) is 0. The molecule has 0 saturated heterocycles. The molecule has 0 bridgehead atoms. The van der Waals surface area contributed by atoms with Gasteiger partial charge in [0.05, 0.1) is 33.8 Å². The van der Waals surface area contributed by atoms with Crippen LogP contribution in [0, 0.1) is 0 Å². The first-order valence-electron chi connectivity index (χ1n) is 30.0. The average molecular weight is 1080 g/mol. The standard InChI is InChI=1S/C66H111N2O7P/c1-7-10-13-16-19-22-25-28-30-32-33-34-35-37-39-41-44-47-50-53-56-59-66(70)75-64(57-54-51-48-45-42-27-24-21-18-15-12-9-3)63(62-74-76(71,72)73-61-60-68(4,5)6)67-65(69)58-55-52-49-46-43-40-38-36-31-29-26-23-20-17-14-11-8-2/h10,13,19-20,22-23,28-31,33-34,37-40,44,46-47,49,54,57,63-64H,7-9,11-12,14-18,21,24-27,32,35-36,41-43,45,48,50-53,55-56,58-62H2,1-6H3,(H-,67,69,71,72)/b13-10-,22-19-,23-20-,30-28-,31-29-,34-33-,39-37-,40-38-,47-44-,49-46-,57-54+. The molecule has 9 nitrogen and oxygen atoms in total. The summed E-state index contributed by atoms with van der Waals surface area (Å²) >= 11 is 0. The molecule has 3 atom stereocenters. The van der Waals surface area contributed by atoms with Crippen molar-refractivity contribution in [2.45, 2.75) is 232 Å². The van der Waals surface area contributed by atoms with E-state index in [2.05, 4.69) is 148 Å². The highest BCUT2D eigenvalue weighted by Gasteiger charge is 2.27. The van der Waals surface area contributed by atoms with Crippen LogP contribution in [0.2, 0.25) is 0 Å². The first-order valence-corrected chi connectivity index (χ1v) is 31.5. The minimum absolute atomic E-state index is 0.0471. The van der Waals surface area contributed by atoms with Crippen molar-refractivity contribution in [1.82, 2.24) is 5.32 Å². The fourth-order valence-corrected chi connectivity index (χ4v) is 8.41. The number of esters is 1. The highest BCUT2D eigenvalue weighted by Crippen LogP contribution is 2.38. The smallest absolute Gasteiger partial charge is 0.306 e. The van der Waals surface area contributed by atoms with Gasteiger partial charge in [0, 0.05) is 12.8 Å². The Morgan fingerprint density at radius 2 is 0.855 bits per heavy atom. The van der Waals surface area contributed by atoms with Gasteiger partial charge in [-0.15, -0.1) is 0 Å². The third-order valence-electron chi connectivity index (χ3n) is 12.3. The second-order valence-corrected chi connectivity index (χ2v) is 22.2. The van der Waals surface area contributed by atoms with Crippen LogP contribution in [0.25, 0.3) is 0 Å². The largest absolute Gasteiger partial charge is 0.756 e. The highest BCUT2D eigenvalue weighted by molar-refractivity contribution is 7.45. The lowest BCUT2D eigenvalue weighted by atomic mass is 10.1. The van der Waals surface area contributed by atoms with Crippen LogP contribution < -0.4 is 10.2 Å². The first-order chi connectivity index (χ1) is 36.9. The Kier molecular flexibility index (Phi) is 51.7. The van der Waals surface area contributed by atoms with Gasteiger partial charge in [0.1, 0.15) is 19.3 Å². The maximum absolute atomic E-state index is 13.5. The van der Waals surface area contributed by atoms with Crippen LogP contribution in [-0.4, -0.2) is 69.4 Å². The Morgan fingerprint density at radius 1 is 0.474 bits per heavy atom. The lowest BCUT2D eigenvalue weighted by Gasteiger charge is -2.30. The van der Waals surface area contributed by atoms with Gasteiger partial charge in [0.25, 0.3) is 7.82 Å². The number of nitrogens with one attached hydrogen (secondary N) is 1. The highest BCUT2D eigenvalue weighted by atomic mass is 31.2. The number of amides is 1. The van der Waals surface area contributed by atoms with E-state index in [4.69, 9.17) is 13.8 Å². The molecule has 0 rings (SSSR count). The summed E-state index contributed by atoms with van der Waals surface area (Å²) in [5, 5.41) is 2.97. The molecular formula is C66H111N2O7P. The summed E-state index contributed by atoms with van der Waals surface area (Å²) in [6, 6.07) is -0.944. The Bertz CT molecular complexity index is 1760. The molecule has 10 heteroatoms. The Labute approximate surface area is 466 Å². The number of phosphoric acid groups is 1. The van der Waals surface area contributed by atoms with Crippen LogP contribution in [0.15, 0.2) is 134 Å². The van der Waals surface area contributed by atoms with Crippen molar-refractivity contribution in [2.75, 3.05) is 40.9 Å². The van der Waals surface area contributed by atoms with Gasteiger partial charge in [-0.3, -0.25) is 14.2 Å². The molecule has 0 radical (unpaired) electrons. The van der Waals surface area contributed by atoms with Crippen LogP contribution >= 0.6 is 7.82 Å². The third-order valence-corrected chi connectivity index (χ3v) is 13.3. The Balaban J connectivity index is 5.48. The van der Waals surface area contributed by atoms with Crippen molar-refractivity contribution >= 4 is 19.7 Å². The van der Waals surface area contributed by atoms with E-state index >= 15 is 0 Å². The van der Waals surface area contributed by atoms with Gasteiger partial charge in [-0.1, -0.05) is 219 Å². The number of rotatable bonds is 52. The zero-order valence-electron chi connectivity index (χ0n) is 49.2. The zero-order valence-corrected chi connectivity index (χ0v) is 50.0. The summed E-state index contributed by atoms with van der Waals surface area (Å²) in [4.78, 5) is 39.9. The molecule has 0 heterocycles. The predicted octanol–water partition coefficient (Wildman–Crippen LogP) is 17.9. The number of nitrogens with zero attached hydrogens (tertiary/aromatic N) is 1. The van der Waals surface area contributed by atoms with Gasteiger partial charge in [-0.05, 0) is 122 Å². The third kappa shape index (κ3) is 54.9. The fourth-order valence-electron chi connectivity index (χ4n) is 7.69. The lowest BCUT2D eigenvalue weighted by molar-refractivity contribution is -0.870. The van der Waals surface area contributed by atoms with Gasteiger partial charge in [-0.2, -0.15) is 0 Å². The number of hydrogen-bond acceptors (Lipinski definition) is 7. The van der Waals surface area contributed by atoms with Crippen LogP contribution in [0.4, 0.5) is 0 Å². The molecule has 0 fully saturated rings. The first kappa shape index (κ1) is 72.2. The van der Waals surface area contributed by atoms with Gasteiger partial charge in [0.2, 0.25) is 5.91 Å². The molecule has 0 spiro atoms. The number of quaternary nitrogens is 1. The van der Waals surface area contributed by atoms with Crippen molar-refractivity contribution in [3.05, 3.63) is 134 Å². The van der Waals surface area contributed by atoms with Gasteiger partial charge in [0.15, 0.2) is 0 Å². The number of carbonyl (C=O) groups excluding carboxylic acids is 2. The van der Waals surface area contributed by atoms with Crippen molar-refractivity contribution in [3.63, 3.8) is 0 Å². The van der Waals surface area contributed by atoms with Crippen molar-refractivity contribution in [3.8, 4) is 0 Å². The fraction of sp³-hybridized carbons (Fsp3) is 0.636. The molecule has 0 aromatic carbocycles. The number of allylic oxidation sites excluding steroid dienone is 21. The Hall–Kier alpha value is -3.85. The molecule has 0 aliphatic rings. The van der Waals surface area contributed by atoms with E-state index in [0.717, 1.165) is 103 Å². The molecule has 432 valence electrons. The number of likely N-dealkylation sites (N-methyl/N-ethyl adjacent to an activating group) is 1. The topological polar surface area (TPSA) is 114 Å². The van der Waals surface area contributed by atoms with Crippen molar-refractivity contribution in [2.24, 2.45) is 0 Å². The molecule has 3 unspecified atom stereocenters. The summed E-state index contributed by atoms with van der Waals surface area (Å²) in [6.07, 6.45) is 77.2. The quantitative estimate of drug-likeness (QED) is 0.0212. The molecule has 1 amide bonds. The molecule has 0 saturated carbocycles. The monoisotopic (exact) mass is 1070 g/mol. The van der Waals surface area contributed by atoms with E-state index < -0.39 is 32.5 Å². The molecule has 1 N–H and O–H groups in total. The molecule has 0 aromatic rings. The van der Waals surface area contributed by atoms with Crippen molar-refractivity contribution in [1.29, 1.82) is 0 Å². The molecule has 76 heavy (non-hydrogen) atoms. The van der Waals surface area contributed by atoms with E-state index in [9.17, 15) is 19.0 Å². The van der Waals surface area contributed by atoms with Crippen LogP contribution in [0.5, 0.6) is 0 Å². The molecule has 0 aromatic heterocycles. The SMILES string of the molecule is CC/C=C\C/C=C\C/C=C\C/C=C\C/C=C\C/C=C\CCCCC(=O)OC(/C=C/CCCCCCCCCCCC)C(COP(=O)([O-])OCC[N+](C)(C)C)NC(=O)CCC/C=C\C/C=C\C/C=C\C/C=C\CCCCC. The number of carbonyl (C=O) groups is 2. The van der Waals surface area contributed by atoms with E-state index in [0.29, 0.717) is 23.9 Å². The number of phosphoric ester groups is 1. The number of unbranched alkanes of at least 4 members (excludes halogenated alkanes) is 16. The predicted molar refractivity (Wildman–Crippen MR) is 325 cm³/mol. The maximum atomic E-state index is 13.5. The van der Waals surface area contributed by atoms with E-state index in [1.54, 1.807) is 6.08 Å². The van der Waals surface area contributed by atoms with Crippen molar-refractivity contribution < 1.29 is 37.3 Å². The summed E-state index contributed by atoms with van der Waals surface area (Å²) in [5.74, 6) is -0.669. The van der Waals surface area contributed by atoms with Crippen LogP contribution in [0.3, 0.4) is 0 Å². The molecule has 0 aliphatic carbocycles. The van der Waals surface area contributed by atoms with Crippen LogP contribution in [-0.2, 0) is 27.9 Å². The second-order valence-electron chi connectivity index (χ2n) is 20.8. The Morgan fingerprint density at radius 3 is 1.32 bits per heavy atom. The summed E-state index contributed by atoms with van der Waals surface area (Å²) in [7, 11) is 1.10. The molecule has 0 aliphatic heterocycles. The van der Waals surface area contributed by atoms with Crippen LogP contribution in [0.1, 0.15) is 220 Å². The maximum Gasteiger partial charge on any atom is 0.306 e. The minimum atomic E-state index is -4.73. The second kappa shape index (κ2) is 54.5. The summed E-state index contributed by atoms with van der Waals surface area (Å²) in [6.45, 7) is 6.60. The number of ether oxygens (including phenoxy) is 1.